The molecule has 1 atom stereocenters. The Bertz CT molecular complexity index is 210. The molecule has 0 heterocycles. The molecule has 0 aliphatic carbocycles. The van der Waals surface area contributed by atoms with E-state index in [9.17, 15) is 20.2 Å². The smallest absolute Gasteiger partial charge is 0.294 e. The van der Waals surface area contributed by atoms with Gasteiger partial charge in [0.1, 0.15) is 6.61 Å². The van der Waals surface area contributed by atoms with E-state index in [1.165, 1.54) is 0 Å². The molecule has 88 valence electrons. The average molecular weight is 224 g/mol. The zero-order valence-corrected chi connectivity index (χ0v) is 8.16. The predicted molar refractivity (Wildman–Crippen MR) is 45.9 cm³/mol. The van der Waals surface area contributed by atoms with E-state index in [2.05, 4.69) is 9.68 Å². The lowest BCUT2D eigenvalue weighted by atomic mass is 10.4. The number of ether oxygens (including phenoxy) is 1. The summed E-state index contributed by atoms with van der Waals surface area (Å²) >= 11 is 0. The predicted octanol–water partition coefficient (Wildman–Crippen LogP) is 0.198. The van der Waals surface area contributed by atoms with Gasteiger partial charge in [-0.1, -0.05) is 6.92 Å². The maximum Gasteiger partial charge on any atom is 0.294 e. The fraction of sp³-hybridized carbons (Fsp3) is 1.00. The van der Waals surface area contributed by atoms with Crippen molar-refractivity contribution >= 4 is 0 Å². The standard InChI is InChI=1S/C6H12N2O7/c1-2-3-13-4-6(15-8(11)12)5-14-7(9)10/h6H,2-5H2,1H3/t6-/m1/s1. The Morgan fingerprint density at radius 2 is 1.87 bits per heavy atom. The van der Waals surface area contributed by atoms with Crippen LogP contribution in [0.5, 0.6) is 0 Å². The summed E-state index contributed by atoms with van der Waals surface area (Å²) in [6.07, 6.45) is -0.349. The van der Waals surface area contributed by atoms with Crippen molar-refractivity contribution in [3.63, 3.8) is 0 Å². The van der Waals surface area contributed by atoms with Gasteiger partial charge in [-0.25, -0.2) is 0 Å². The maximum atomic E-state index is 9.99. The molecule has 0 fully saturated rings. The van der Waals surface area contributed by atoms with Crippen LogP contribution in [0.15, 0.2) is 0 Å². The van der Waals surface area contributed by atoms with Gasteiger partial charge in [0.2, 0.25) is 0 Å². The monoisotopic (exact) mass is 224 g/mol. The van der Waals surface area contributed by atoms with E-state index < -0.39 is 22.9 Å². The minimum atomic E-state index is -1.09. The van der Waals surface area contributed by atoms with Crippen molar-refractivity contribution in [3.05, 3.63) is 20.2 Å². The molecule has 0 radical (unpaired) electrons. The highest BCUT2D eigenvalue weighted by Crippen LogP contribution is 1.96. The lowest BCUT2D eigenvalue weighted by molar-refractivity contribution is -0.790. The summed E-state index contributed by atoms with van der Waals surface area (Å²) in [7, 11) is 0. The summed E-state index contributed by atoms with van der Waals surface area (Å²) in [6, 6.07) is 0. The Hall–Kier alpha value is -1.64. The molecule has 0 saturated heterocycles. The van der Waals surface area contributed by atoms with Gasteiger partial charge >= 0.3 is 0 Å². The quantitative estimate of drug-likeness (QED) is 0.312. The first-order valence-corrected chi connectivity index (χ1v) is 4.22. The van der Waals surface area contributed by atoms with Gasteiger partial charge in [0.05, 0.1) is 6.61 Å². The minimum absolute atomic E-state index is 0.122. The molecule has 9 heteroatoms. The minimum Gasteiger partial charge on any atom is -0.379 e. The Labute approximate surface area is 85.1 Å². The Balaban J connectivity index is 3.83. The summed E-state index contributed by atoms with van der Waals surface area (Å²) in [5, 5.41) is 17.7. The van der Waals surface area contributed by atoms with Crippen LogP contribution in [0.2, 0.25) is 0 Å². The van der Waals surface area contributed by atoms with Gasteiger partial charge in [0.15, 0.2) is 6.10 Å². The number of nitrogens with zero attached hydrogens (tertiary/aromatic N) is 2. The zero-order chi connectivity index (χ0) is 11.7. The zero-order valence-electron chi connectivity index (χ0n) is 8.16. The van der Waals surface area contributed by atoms with Crippen molar-refractivity contribution in [1.82, 2.24) is 0 Å². The molecule has 0 unspecified atom stereocenters. The normalized spacial score (nSPS) is 11.8. The largest absolute Gasteiger partial charge is 0.379 e. The van der Waals surface area contributed by atoms with E-state index in [4.69, 9.17) is 4.74 Å². The molecular formula is C6H12N2O7. The molecule has 0 aromatic carbocycles. The van der Waals surface area contributed by atoms with Crippen LogP contribution < -0.4 is 0 Å². The van der Waals surface area contributed by atoms with Crippen molar-refractivity contribution in [1.29, 1.82) is 0 Å². The first-order valence-electron chi connectivity index (χ1n) is 4.22. The molecule has 0 spiro atoms. The van der Waals surface area contributed by atoms with Crippen LogP contribution in [-0.2, 0) is 14.4 Å². The molecule has 15 heavy (non-hydrogen) atoms. The van der Waals surface area contributed by atoms with Crippen molar-refractivity contribution in [3.8, 4) is 0 Å². The second-order valence-electron chi connectivity index (χ2n) is 2.55. The van der Waals surface area contributed by atoms with Crippen LogP contribution in [-0.4, -0.2) is 36.1 Å². The molecule has 0 N–H and O–H groups in total. The van der Waals surface area contributed by atoms with Crippen LogP contribution in [0.25, 0.3) is 0 Å². The highest BCUT2D eigenvalue weighted by atomic mass is 17.0. The van der Waals surface area contributed by atoms with Crippen LogP contribution in [0, 0.1) is 20.2 Å². The highest BCUT2D eigenvalue weighted by Gasteiger charge is 2.15. The van der Waals surface area contributed by atoms with E-state index in [0.29, 0.717) is 6.61 Å². The number of rotatable bonds is 9. The van der Waals surface area contributed by atoms with Gasteiger partial charge in [-0.15, -0.1) is 20.2 Å². The average Bonchev–Trinajstić information content (AvgIpc) is 2.13. The van der Waals surface area contributed by atoms with Crippen molar-refractivity contribution in [2.24, 2.45) is 0 Å². The van der Waals surface area contributed by atoms with Gasteiger partial charge in [0.25, 0.3) is 10.2 Å². The molecule has 0 aromatic heterocycles. The van der Waals surface area contributed by atoms with Crippen molar-refractivity contribution < 1.29 is 24.6 Å². The van der Waals surface area contributed by atoms with E-state index in [0.717, 1.165) is 6.42 Å². The first-order chi connectivity index (χ1) is 7.06. The molecule has 0 amide bonds. The molecule has 0 saturated carbocycles. The molecular weight excluding hydrogens is 212 g/mol. The Morgan fingerprint density at radius 1 is 1.20 bits per heavy atom. The second-order valence-corrected chi connectivity index (χ2v) is 2.55. The van der Waals surface area contributed by atoms with Gasteiger partial charge in [-0.05, 0) is 6.42 Å². The lowest BCUT2D eigenvalue weighted by Gasteiger charge is -2.13. The highest BCUT2D eigenvalue weighted by molar-refractivity contribution is 4.51. The van der Waals surface area contributed by atoms with Gasteiger partial charge in [0, 0.05) is 6.61 Å². The summed E-state index contributed by atoms with van der Waals surface area (Å²) in [5.74, 6) is 0. The van der Waals surface area contributed by atoms with E-state index >= 15 is 0 Å². The Morgan fingerprint density at radius 3 is 2.33 bits per heavy atom. The third-order valence-electron chi connectivity index (χ3n) is 1.25. The van der Waals surface area contributed by atoms with E-state index in [1.807, 2.05) is 6.92 Å². The van der Waals surface area contributed by atoms with Gasteiger partial charge in [-0.3, -0.25) is 0 Å². The molecule has 9 nitrogen and oxygen atoms in total. The van der Waals surface area contributed by atoms with Gasteiger partial charge in [-0.2, -0.15) is 0 Å². The lowest BCUT2D eigenvalue weighted by Crippen LogP contribution is -2.29. The molecule has 0 bridgehead atoms. The van der Waals surface area contributed by atoms with Crippen molar-refractivity contribution in [2.45, 2.75) is 19.4 Å². The fourth-order valence-electron chi connectivity index (χ4n) is 0.734. The molecule has 0 aliphatic rings. The summed E-state index contributed by atoms with van der Waals surface area (Å²) in [6.45, 7) is 1.60. The third kappa shape index (κ3) is 8.68. The summed E-state index contributed by atoms with van der Waals surface area (Å²) in [4.78, 5) is 27.9. The van der Waals surface area contributed by atoms with Crippen LogP contribution in [0.1, 0.15) is 13.3 Å². The van der Waals surface area contributed by atoms with Crippen LogP contribution in [0.4, 0.5) is 0 Å². The maximum absolute atomic E-state index is 9.99. The Kier molecular flexibility index (Phi) is 6.89. The van der Waals surface area contributed by atoms with Crippen molar-refractivity contribution in [2.75, 3.05) is 19.8 Å². The SMILES string of the molecule is CCCOC[C@H](CO[N+](=O)[O-])O[N+](=O)[O-]. The first kappa shape index (κ1) is 13.4. The molecule has 0 aromatic rings. The summed E-state index contributed by atoms with van der Waals surface area (Å²) in [5.41, 5.74) is 0. The number of hydrogen-bond acceptors (Lipinski definition) is 7. The van der Waals surface area contributed by atoms with E-state index in [-0.39, 0.29) is 6.61 Å². The van der Waals surface area contributed by atoms with Crippen LogP contribution in [0.3, 0.4) is 0 Å². The van der Waals surface area contributed by atoms with Crippen LogP contribution >= 0.6 is 0 Å². The molecule has 0 aliphatic heterocycles. The molecule has 0 rings (SSSR count). The number of hydrogen-bond donors (Lipinski definition) is 0. The fourth-order valence-corrected chi connectivity index (χ4v) is 0.734. The second kappa shape index (κ2) is 7.74. The van der Waals surface area contributed by atoms with E-state index in [1.54, 1.807) is 0 Å². The third-order valence-corrected chi connectivity index (χ3v) is 1.25. The summed E-state index contributed by atoms with van der Waals surface area (Å²) < 4.78 is 4.95. The van der Waals surface area contributed by atoms with Gasteiger partial charge < -0.3 is 14.4 Å². The topological polar surface area (TPSA) is 114 Å².